The summed E-state index contributed by atoms with van der Waals surface area (Å²) in [5.41, 5.74) is -0.289. The Labute approximate surface area is 163 Å². The van der Waals surface area contributed by atoms with E-state index in [9.17, 15) is 23.3 Å². The van der Waals surface area contributed by atoms with Crippen LogP contribution >= 0.6 is 0 Å². The first-order valence-electron chi connectivity index (χ1n) is 9.27. The Morgan fingerprint density at radius 1 is 1.25 bits per heavy atom. The lowest BCUT2D eigenvalue weighted by atomic mass is 10.1. The molecule has 0 unspecified atom stereocenters. The number of sulfone groups is 1. The number of nitro benzene ring substituents is 1. The summed E-state index contributed by atoms with van der Waals surface area (Å²) in [6.45, 7) is -0.375. The van der Waals surface area contributed by atoms with Crippen LogP contribution in [-0.4, -0.2) is 61.5 Å². The minimum atomic E-state index is -3.13. The predicted molar refractivity (Wildman–Crippen MR) is 101 cm³/mol. The molecular formula is C18H24N2O7S. The Hall–Kier alpha value is -2.36. The van der Waals surface area contributed by atoms with E-state index >= 15 is 0 Å². The zero-order valence-electron chi connectivity index (χ0n) is 15.7. The molecule has 0 spiro atoms. The molecule has 1 atom stereocenters. The Morgan fingerprint density at radius 2 is 1.96 bits per heavy atom. The molecule has 28 heavy (non-hydrogen) atoms. The van der Waals surface area contributed by atoms with Gasteiger partial charge in [-0.15, -0.1) is 0 Å². The number of hydrogen-bond acceptors (Lipinski definition) is 7. The fourth-order valence-corrected chi connectivity index (χ4v) is 5.70. The zero-order chi connectivity index (χ0) is 20.3. The first-order chi connectivity index (χ1) is 13.3. The second-order valence-corrected chi connectivity index (χ2v) is 9.40. The van der Waals surface area contributed by atoms with E-state index in [4.69, 9.17) is 9.47 Å². The van der Waals surface area contributed by atoms with Gasteiger partial charge in [0.1, 0.15) is 5.75 Å². The van der Waals surface area contributed by atoms with E-state index in [0.29, 0.717) is 12.2 Å². The number of ether oxygens (including phenoxy) is 2. The molecule has 0 aromatic heterocycles. The van der Waals surface area contributed by atoms with Crippen molar-refractivity contribution in [3.05, 3.63) is 28.3 Å². The number of carbonyl (C=O) groups excluding carboxylic acids is 1. The summed E-state index contributed by atoms with van der Waals surface area (Å²) in [4.78, 5) is 25.2. The number of benzene rings is 1. The molecule has 1 aliphatic carbocycles. The van der Waals surface area contributed by atoms with Gasteiger partial charge in [-0.1, -0.05) is 12.8 Å². The maximum absolute atomic E-state index is 12.9. The van der Waals surface area contributed by atoms with E-state index in [0.717, 1.165) is 25.7 Å². The van der Waals surface area contributed by atoms with Gasteiger partial charge >= 0.3 is 5.69 Å². The van der Waals surface area contributed by atoms with Gasteiger partial charge in [0, 0.05) is 12.1 Å². The smallest absolute Gasteiger partial charge is 0.314 e. The number of hydrogen-bond donors (Lipinski definition) is 0. The van der Waals surface area contributed by atoms with Crippen molar-refractivity contribution in [1.29, 1.82) is 0 Å². The van der Waals surface area contributed by atoms with Crippen LogP contribution in [0.15, 0.2) is 18.2 Å². The van der Waals surface area contributed by atoms with Crippen molar-refractivity contribution >= 4 is 21.4 Å². The highest BCUT2D eigenvalue weighted by Crippen LogP contribution is 2.32. The molecule has 1 aromatic carbocycles. The summed E-state index contributed by atoms with van der Waals surface area (Å²) in [7, 11) is -1.73. The Bertz CT molecular complexity index is 849. The quantitative estimate of drug-likeness (QED) is 0.496. The summed E-state index contributed by atoms with van der Waals surface area (Å²) in [5.74, 6) is 0.00878. The highest BCUT2D eigenvalue weighted by molar-refractivity contribution is 7.91. The van der Waals surface area contributed by atoms with Crippen LogP contribution in [0.5, 0.6) is 11.5 Å². The van der Waals surface area contributed by atoms with Crippen LogP contribution in [0.4, 0.5) is 5.69 Å². The molecule has 3 rings (SSSR count). The molecule has 1 saturated heterocycles. The minimum Gasteiger partial charge on any atom is -0.496 e. The average molecular weight is 412 g/mol. The van der Waals surface area contributed by atoms with Crippen molar-refractivity contribution in [1.82, 2.24) is 4.90 Å². The summed E-state index contributed by atoms with van der Waals surface area (Å²) >= 11 is 0. The van der Waals surface area contributed by atoms with E-state index in [1.165, 1.54) is 25.3 Å². The van der Waals surface area contributed by atoms with E-state index in [-0.39, 0.29) is 47.5 Å². The van der Waals surface area contributed by atoms with Crippen molar-refractivity contribution in [2.75, 3.05) is 25.2 Å². The second kappa shape index (κ2) is 8.34. The van der Waals surface area contributed by atoms with E-state index in [2.05, 4.69) is 0 Å². The molecule has 0 radical (unpaired) electrons. The lowest BCUT2D eigenvalue weighted by Crippen LogP contribution is -2.48. The third kappa shape index (κ3) is 4.54. The first-order valence-corrected chi connectivity index (χ1v) is 11.1. The van der Waals surface area contributed by atoms with Crippen molar-refractivity contribution in [2.45, 2.75) is 44.2 Å². The monoisotopic (exact) mass is 412 g/mol. The molecule has 9 nitrogen and oxygen atoms in total. The molecule has 0 bridgehead atoms. The number of rotatable bonds is 7. The topological polar surface area (TPSA) is 116 Å². The van der Waals surface area contributed by atoms with Crippen LogP contribution in [0.3, 0.4) is 0 Å². The summed E-state index contributed by atoms with van der Waals surface area (Å²) in [6, 6.07) is 3.79. The molecule has 0 N–H and O–H groups in total. The SMILES string of the molecule is COc1ccc(OCC(=O)N(C2CCCC2)[C@@H]2CCS(=O)(=O)C2)c([N+](=O)[O-])c1. The fourth-order valence-electron chi connectivity index (χ4n) is 3.99. The third-order valence-corrected chi connectivity index (χ3v) is 7.07. The van der Waals surface area contributed by atoms with Crippen LogP contribution in [0.1, 0.15) is 32.1 Å². The Balaban J connectivity index is 1.75. The van der Waals surface area contributed by atoms with Crippen molar-refractivity contribution in [2.24, 2.45) is 0 Å². The van der Waals surface area contributed by atoms with Crippen molar-refractivity contribution < 1.29 is 27.6 Å². The lowest BCUT2D eigenvalue weighted by Gasteiger charge is -2.34. The molecule has 154 valence electrons. The zero-order valence-corrected chi connectivity index (χ0v) is 16.5. The molecule has 10 heteroatoms. The van der Waals surface area contributed by atoms with Crippen molar-refractivity contribution in [3.63, 3.8) is 0 Å². The first kappa shape index (κ1) is 20.4. The van der Waals surface area contributed by atoms with Crippen LogP contribution in [0.2, 0.25) is 0 Å². The van der Waals surface area contributed by atoms with Gasteiger partial charge in [-0.2, -0.15) is 0 Å². The minimum absolute atomic E-state index is 0.000234. The van der Waals surface area contributed by atoms with Crippen molar-refractivity contribution in [3.8, 4) is 11.5 Å². The van der Waals surface area contributed by atoms with Crippen LogP contribution in [0.25, 0.3) is 0 Å². The van der Waals surface area contributed by atoms with E-state index in [1.807, 2.05) is 0 Å². The maximum Gasteiger partial charge on any atom is 0.314 e. The molecule has 2 aliphatic rings. The molecule has 2 fully saturated rings. The van der Waals surface area contributed by atoms with E-state index < -0.39 is 14.8 Å². The summed E-state index contributed by atoms with van der Waals surface area (Å²) in [5, 5.41) is 11.3. The number of carbonyl (C=O) groups is 1. The Kier molecular flexibility index (Phi) is 6.07. The standard InChI is InChI=1S/C18H24N2O7S/c1-26-15-6-7-17(16(10-15)20(22)23)27-11-18(21)19(13-4-2-3-5-13)14-8-9-28(24,25)12-14/h6-7,10,13-14H,2-5,8-9,11-12H2,1H3/t14-/m1/s1. The molecule has 1 aromatic rings. The number of methoxy groups -OCH3 is 1. The van der Waals surface area contributed by atoms with Gasteiger partial charge in [-0.05, 0) is 31.4 Å². The molecular weight excluding hydrogens is 388 g/mol. The number of amides is 1. The van der Waals surface area contributed by atoms with Crippen LogP contribution in [-0.2, 0) is 14.6 Å². The maximum atomic E-state index is 12.9. The van der Waals surface area contributed by atoms with Gasteiger partial charge in [0.2, 0.25) is 0 Å². The number of nitrogens with zero attached hydrogens (tertiary/aromatic N) is 2. The summed E-state index contributed by atoms with van der Waals surface area (Å²) < 4.78 is 34.2. The van der Waals surface area contributed by atoms with E-state index in [1.54, 1.807) is 4.90 Å². The van der Waals surface area contributed by atoms with Gasteiger partial charge in [0.25, 0.3) is 5.91 Å². The van der Waals surface area contributed by atoms with Crippen LogP contribution < -0.4 is 9.47 Å². The van der Waals surface area contributed by atoms with Crippen LogP contribution in [0, 0.1) is 10.1 Å². The molecule has 1 amide bonds. The molecule has 1 saturated carbocycles. The lowest BCUT2D eigenvalue weighted by molar-refractivity contribution is -0.385. The second-order valence-electron chi connectivity index (χ2n) is 7.18. The third-order valence-electron chi connectivity index (χ3n) is 5.32. The Morgan fingerprint density at radius 3 is 2.54 bits per heavy atom. The fraction of sp³-hybridized carbons (Fsp3) is 0.611. The molecule has 1 heterocycles. The van der Waals surface area contributed by atoms with Gasteiger partial charge < -0.3 is 14.4 Å². The summed E-state index contributed by atoms with van der Waals surface area (Å²) in [6.07, 6.45) is 4.10. The van der Waals surface area contributed by atoms with Gasteiger partial charge in [-0.25, -0.2) is 8.42 Å². The largest absolute Gasteiger partial charge is 0.496 e. The van der Waals surface area contributed by atoms with Gasteiger partial charge in [0.05, 0.1) is 29.6 Å². The highest BCUT2D eigenvalue weighted by atomic mass is 32.2. The van der Waals surface area contributed by atoms with Gasteiger partial charge in [0.15, 0.2) is 22.2 Å². The number of nitro groups is 1. The highest BCUT2D eigenvalue weighted by Gasteiger charge is 2.39. The average Bonchev–Trinajstić information content (AvgIpc) is 3.30. The van der Waals surface area contributed by atoms with Gasteiger partial charge in [-0.3, -0.25) is 14.9 Å². The normalized spacial score (nSPS) is 21.4. The molecule has 1 aliphatic heterocycles. The predicted octanol–water partition coefficient (Wildman–Crippen LogP) is 1.94.